The summed E-state index contributed by atoms with van der Waals surface area (Å²) in [5, 5.41) is 20.2. The lowest BCUT2D eigenvalue weighted by molar-refractivity contribution is -0.120. The lowest BCUT2D eigenvalue weighted by Crippen LogP contribution is -2.27. The van der Waals surface area contributed by atoms with Crippen LogP contribution in [0.2, 0.25) is 0 Å². The van der Waals surface area contributed by atoms with Crippen LogP contribution in [0.15, 0.2) is 114 Å². The molecular weight excluding hydrogens is 518 g/mol. The van der Waals surface area contributed by atoms with Crippen molar-refractivity contribution in [1.82, 2.24) is 25.2 Å². The Balaban J connectivity index is 1.18. The molecule has 4 aromatic carbocycles. The number of hydrogen-bond acceptors (Lipinski definition) is 6. The molecule has 2 aromatic heterocycles. The average Bonchev–Trinajstić information content (AvgIpc) is 3.60. The molecule has 198 valence electrons. The first kappa shape index (κ1) is 25.4. The molecule has 1 unspecified atom stereocenters. The van der Waals surface area contributed by atoms with E-state index >= 15 is 0 Å². The predicted molar refractivity (Wildman–Crippen MR) is 162 cm³/mol. The quantitative estimate of drug-likeness (QED) is 0.115. The van der Waals surface area contributed by atoms with E-state index in [1.54, 1.807) is 6.21 Å². The number of nitrogens with zero attached hydrogens (tertiary/aromatic N) is 4. The summed E-state index contributed by atoms with van der Waals surface area (Å²) in [6, 6.07) is 32.3. The van der Waals surface area contributed by atoms with Crippen molar-refractivity contribution in [1.29, 1.82) is 0 Å². The smallest absolute Gasteiger partial charge is 0.253 e. The molecule has 0 radical (unpaired) electrons. The first-order valence-corrected chi connectivity index (χ1v) is 13.8. The van der Waals surface area contributed by atoms with Crippen LogP contribution >= 0.6 is 11.8 Å². The standard InChI is InChI=1S/C31H27N7OS/c1-21(30(39)36-34-19-23-18-32-27-16-8-7-15-26(23)27)40-31-37-35-29(38(31)24-12-3-2-4-13-24)20-33-28-17-9-11-22-10-5-6-14-25(22)28/h2-19,21,32-33H,20H2,1H3,(H,36,39). The first-order chi connectivity index (χ1) is 19.7. The molecule has 3 N–H and O–H groups in total. The van der Waals surface area contributed by atoms with Crippen molar-refractivity contribution in [3.8, 4) is 5.69 Å². The largest absolute Gasteiger partial charge is 0.377 e. The molecule has 0 saturated heterocycles. The number of nitrogens with one attached hydrogen (secondary N) is 3. The van der Waals surface area contributed by atoms with E-state index in [1.165, 1.54) is 17.1 Å². The van der Waals surface area contributed by atoms with E-state index < -0.39 is 5.25 Å². The summed E-state index contributed by atoms with van der Waals surface area (Å²) in [4.78, 5) is 16.1. The summed E-state index contributed by atoms with van der Waals surface area (Å²) < 4.78 is 1.99. The van der Waals surface area contributed by atoms with Gasteiger partial charge in [-0.05, 0) is 36.6 Å². The molecule has 0 aliphatic carbocycles. The van der Waals surface area contributed by atoms with E-state index in [4.69, 9.17) is 0 Å². The number of rotatable bonds is 9. The summed E-state index contributed by atoms with van der Waals surface area (Å²) in [6.45, 7) is 2.30. The summed E-state index contributed by atoms with van der Waals surface area (Å²) in [5.41, 5.74) is 6.54. The summed E-state index contributed by atoms with van der Waals surface area (Å²) in [7, 11) is 0. The van der Waals surface area contributed by atoms with Crippen LogP contribution in [0.3, 0.4) is 0 Å². The molecule has 40 heavy (non-hydrogen) atoms. The number of hydrogen-bond donors (Lipinski definition) is 3. The number of carbonyl (C=O) groups excluding carboxylic acids is 1. The topological polar surface area (TPSA) is 100.0 Å². The fourth-order valence-corrected chi connectivity index (χ4v) is 5.43. The second-order valence-electron chi connectivity index (χ2n) is 9.23. The molecule has 1 atom stereocenters. The van der Waals surface area contributed by atoms with E-state index in [1.807, 2.05) is 90.5 Å². The van der Waals surface area contributed by atoms with Gasteiger partial charge in [0, 0.05) is 39.4 Å². The average molecular weight is 546 g/mol. The highest BCUT2D eigenvalue weighted by atomic mass is 32.2. The number of anilines is 1. The molecule has 0 spiro atoms. The van der Waals surface area contributed by atoms with Crippen LogP contribution in [-0.4, -0.2) is 37.1 Å². The molecule has 0 saturated carbocycles. The van der Waals surface area contributed by atoms with Crippen molar-refractivity contribution in [3.05, 3.63) is 115 Å². The van der Waals surface area contributed by atoms with E-state index in [0.717, 1.165) is 39.1 Å². The molecule has 1 amide bonds. The number of carbonyl (C=O) groups is 1. The monoisotopic (exact) mass is 545 g/mol. The van der Waals surface area contributed by atoms with Crippen LogP contribution in [0.1, 0.15) is 18.3 Å². The van der Waals surface area contributed by atoms with Crippen molar-refractivity contribution >= 4 is 51.2 Å². The van der Waals surface area contributed by atoms with Gasteiger partial charge in [0.15, 0.2) is 11.0 Å². The number of fused-ring (bicyclic) bond motifs is 2. The molecule has 0 bridgehead atoms. The Labute approximate surface area is 235 Å². The highest BCUT2D eigenvalue weighted by Crippen LogP contribution is 2.28. The third kappa shape index (κ3) is 5.32. The third-order valence-corrected chi connectivity index (χ3v) is 7.64. The Hall–Kier alpha value is -4.89. The molecule has 8 nitrogen and oxygen atoms in total. The molecule has 6 aromatic rings. The Bertz CT molecular complexity index is 1800. The maximum absolute atomic E-state index is 12.9. The van der Waals surface area contributed by atoms with Gasteiger partial charge in [-0.1, -0.05) is 84.6 Å². The van der Waals surface area contributed by atoms with Gasteiger partial charge in [0.1, 0.15) is 0 Å². The number of thioether (sulfide) groups is 1. The fraction of sp³-hybridized carbons (Fsp3) is 0.0968. The van der Waals surface area contributed by atoms with Crippen LogP contribution < -0.4 is 10.7 Å². The maximum Gasteiger partial charge on any atom is 0.253 e. The Morgan fingerprint density at radius 2 is 1.70 bits per heavy atom. The zero-order valence-corrected chi connectivity index (χ0v) is 22.6. The van der Waals surface area contributed by atoms with Gasteiger partial charge in [-0.15, -0.1) is 10.2 Å². The molecule has 0 fully saturated rings. The summed E-state index contributed by atoms with van der Waals surface area (Å²) in [6.07, 6.45) is 3.52. The van der Waals surface area contributed by atoms with Gasteiger partial charge in [0.05, 0.1) is 18.0 Å². The Kier molecular flexibility index (Phi) is 7.28. The van der Waals surface area contributed by atoms with Crippen LogP contribution in [-0.2, 0) is 11.3 Å². The molecular formula is C31H27N7OS. The van der Waals surface area contributed by atoms with Crippen molar-refractivity contribution in [2.45, 2.75) is 23.9 Å². The predicted octanol–water partition coefficient (Wildman–Crippen LogP) is 6.14. The van der Waals surface area contributed by atoms with Gasteiger partial charge in [-0.3, -0.25) is 9.36 Å². The second kappa shape index (κ2) is 11.5. The number of aromatic amines is 1. The van der Waals surface area contributed by atoms with E-state index in [-0.39, 0.29) is 5.91 Å². The van der Waals surface area contributed by atoms with Crippen molar-refractivity contribution in [3.63, 3.8) is 0 Å². The molecule has 0 aliphatic heterocycles. The number of H-pyrrole nitrogens is 1. The lowest BCUT2D eigenvalue weighted by atomic mass is 10.1. The van der Waals surface area contributed by atoms with Gasteiger partial charge < -0.3 is 10.3 Å². The minimum absolute atomic E-state index is 0.223. The normalized spacial score (nSPS) is 12.2. The van der Waals surface area contributed by atoms with Crippen molar-refractivity contribution in [2.75, 3.05) is 5.32 Å². The van der Waals surface area contributed by atoms with E-state index in [2.05, 4.69) is 55.3 Å². The van der Waals surface area contributed by atoms with E-state index in [9.17, 15) is 4.79 Å². The number of aromatic nitrogens is 4. The van der Waals surface area contributed by atoms with Crippen LogP contribution in [0.5, 0.6) is 0 Å². The molecule has 9 heteroatoms. The highest BCUT2D eigenvalue weighted by molar-refractivity contribution is 8.00. The molecule has 2 heterocycles. The van der Waals surface area contributed by atoms with Gasteiger partial charge in [-0.25, -0.2) is 5.43 Å². The van der Waals surface area contributed by atoms with E-state index in [0.29, 0.717) is 11.7 Å². The minimum Gasteiger partial charge on any atom is -0.377 e. The zero-order valence-electron chi connectivity index (χ0n) is 21.8. The fourth-order valence-electron chi connectivity index (χ4n) is 4.55. The Morgan fingerprint density at radius 3 is 2.58 bits per heavy atom. The number of para-hydroxylation sites is 2. The van der Waals surface area contributed by atoms with Crippen LogP contribution in [0.4, 0.5) is 5.69 Å². The van der Waals surface area contributed by atoms with Gasteiger partial charge in [0.25, 0.3) is 5.91 Å². The highest BCUT2D eigenvalue weighted by Gasteiger charge is 2.21. The number of hydrazone groups is 1. The molecule has 0 aliphatic rings. The van der Waals surface area contributed by atoms with Gasteiger partial charge >= 0.3 is 0 Å². The summed E-state index contributed by atoms with van der Waals surface area (Å²) >= 11 is 1.34. The first-order valence-electron chi connectivity index (χ1n) is 12.9. The second-order valence-corrected chi connectivity index (χ2v) is 10.5. The SMILES string of the molecule is CC(Sc1nnc(CNc2cccc3ccccc23)n1-c1ccccc1)C(=O)NN=Cc1c[nH]c2ccccc12. The Morgan fingerprint density at radius 1 is 0.950 bits per heavy atom. The van der Waals surface area contributed by atoms with Crippen LogP contribution in [0.25, 0.3) is 27.4 Å². The van der Waals surface area contributed by atoms with Gasteiger partial charge in [-0.2, -0.15) is 5.10 Å². The summed E-state index contributed by atoms with van der Waals surface area (Å²) in [5.74, 6) is 0.519. The lowest BCUT2D eigenvalue weighted by Gasteiger charge is -2.14. The molecule has 6 rings (SSSR count). The zero-order chi connectivity index (χ0) is 27.3. The minimum atomic E-state index is -0.453. The number of benzene rings is 4. The number of amides is 1. The van der Waals surface area contributed by atoms with Crippen molar-refractivity contribution in [2.24, 2.45) is 5.10 Å². The maximum atomic E-state index is 12.9. The third-order valence-electron chi connectivity index (χ3n) is 6.59. The van der Waals surface area contributed by atoms with Crippen LogP contribution in [0, 0.1) is 0 Å². The van der Waals surface area contributed by atoms with Crippen molar-refractivity contribution < 1.29 is 4.79 Å². The van der Waals surface area contributed by atoms with Gasteiger partial charge in [0.2, 0.25) is 0 Å².